The molecule has 1 atom stereocenters. The first-order chi connectivity index (χ1) is 8.93. The lowest BCUT2D eigenvalue weighted by Crippen LogP contribution is -2.33. The largest absolute Gasteiger partial charge is 0.395 e. The maximum atomic E-state index is 10.8. The Hall–Kier alpha value is -0.980. The Bertz CT molecular complexity index is 438. The molecule has 0 aliphatic carbocycles. The van der Waals surface area contributed by atoms with Gasteiger partial charge in [0.05, 0.1) is 16.0 Å². The highest BCUT2D eigenvalue weighted by atomic mass is 79.9. The van der Waals surface area contributed by atoms with Crippen LogP contribution >= 0.6 is 15.9 Å². The van der Waals surface area contributed by atoms with Crippen LogP contribution in [0.5, 0.6) is 0 Å². The van der Waals surface area contributed by atoms with Gasteiger partial charge in [0.15, 0.2) is 0 Å². The van der Waals surface area contributed by atoms with Crippen LogP contribution in [-0.4, -0.2) is 22.7 Å². The summed E-state index contributed by atoms with van der Waals surface area (Å²) >= 11 is 3.16. The third-order valence-corrected chi connectivity index (χ3v) is 3.45. The molecule has 19 heavy (non-hydrogen) atoms. The predicted molar refractivity (Wildman–Crippen MR) is 78.0 cm³/mol. The minimum absolute atomic E-state index is 0.0164. The summed E-state index contributed by atoms with van der Waals surface area (Å²) in [6.07, 6.45) is 0.870. The smallest absolute Gasteiger partial charge is 0.283 e. The second kappa shape index (κ2) is 7.57. The van der Waals surface area contributed by atoms with Gasteiger partial charge in [-0.2, -0.15) is 0 Å². The van der Waals surface area contributed by atoms with E-state index in [0.717, 1.165) is 12.0 Å². The van der Waals surface area contributed by atoms with Gasteiger partial charge >= 0.3 is 0 Å². The number of nitro groups is 1. The van der Waals surface area contributed by atoms with Crippen LogP contribution in [0, 0.1) is 16.0 Å². The van der Waals surface area contributed by atoms with Gasteiger partial charge < -0.3 is 10.4 Å². The molecule has 1 aromatic rings. The minimum Gasteiger partial charge on any atom is -0.395 e. The van der Waals surface area contributed by atoms with Gasteiger partial charge in [-0.3, -0.25) is 10.1 Å². The van der Waals surface area contributed by atoms with Crippen molar-refractivity contribution in [1.29, 1.82) is 0 Å². The van der Waals surface area contributed by atoms with Crippen LogP contribution in [0.4, 0.5) is 5.69 Å². The normalized spacial score (nSPS) is 12.7. The van der Waals surface area contributed by atoms with Gasteiger partial charge in [0.2, 0.25) is 0 Å². The van der Waals surface area contributed by atoms with E-state index < -0.39 is 4.92 Å². The zero-order chi connectivity index (χ0) is 14.4. The van der Waals surface area contributed by atoms with Gasteiger partial charge in [-0.25, -0.2) is 0 Å². The van der Waals surface area contributed by atoms with Crippen molar-refractivity contribution in [3.05, 3.63) is 38.3 Å². The first-order valence-corrected chi connectivity index (χ1v) is 7.00. The highest BCUT2D eigenvalue weighted by Crippen LogP contribution is 2.25. The summed E-state index contributed by atoms with van der Waals surface area (Å²) in [5, 5.41) is 23.3. The number of hydrogen-bond acceptors (Lipinski definition) is 4. The van der Waals surface area contributed by atoms with Gasteiger partial charge in [-0.15, -0.1) is 0 Å². The van der Waals surface area contributed by atoms with E-state index >= 15 is 0 Å². The third kappa shape index (κ3) is 5.26. The molecular formula is C13H19BrN2O3. The number of aliphatic hydroxyl groups is 1. The van der Waals surface area contributed by atoms with Gasteiger partial charge in [-0.1, -0.05) is 19.9 Å². The molecule has 0 amide bonds. The summed E-state index contributed by atoms with van der Waals surface area (Å²) in [5.41, 5.74) is 0.890. The van der Waals surface area contributed by atoms with Crippen molar-refractivity contribution < 1.29 is 10.0 Å². The molecular weight excluding hydrogens is 312 g/mol. The second-order valence-electron chi connectivity index (χ2n) is 4.93. The summed E-state index contributed by atoms with van der Waals surface area (Å²) in [6.45, 7) is 4.76. The number of nitrogens with one attached hydrogen (secondary N) is 1. The fourth-order valence-electron chi connectivity index (χ4n) is 1.86. The molecule has 0 fully saturated rings. The molecule has 6 heteroatoms. The van der Waals surface area contributed by atoms with E-state index in [9.17, 15) is 15.2 Å². The van der Waals surface area contributed by atoms with E-state index in [4.69, 9.17) is 0 Å². The SMILES string of the molecule is CC(C)CC(CO)NCc1ccc(Br)c([N+](=O)[O-])c1. The van der Waals surface area contributed by atoms with Crippen LogP contribution in [-0.2, 0) is 6.54 Å². The Kier molecular flexibility index (Phi) is 6.41. The number of nitrogens with zero attached hydrogens (tertiary/aromatic N) is 1. The van der Waals surface area contributed by atoms with E-state index in [1.165, 1.54) is 0 Å². The fraction of sp³-hybridized carbons (Fsp3) is 0.538. The molecule has 0 saturated heterocycles. The molecule has 5 nitrogen and oxygen atoms in total. The lowest BCUT2D eigenvalue weighted by molar-refractivity contribution is -0.385. The van der Waals surface area contributed by atoms with Crippen molar-refractivity contribution in [3.63, 3.8) is 0 Å². The molecule has 1 unspecified atom stereocenters. The Balaban J connectivity index is 2.67. The summed E-state index contributed by atoms with van der Waals surface area (Å²) in [5.74, 6) is 0.490. The standard InChI is InChI=1S/C13H19BrN2O3/c1-9(2)5-11(8-17)15-7-10-3-4-12(14)13(6-10)16(18)19/h3-4,6,9,11,15,17H,5,7-8H2,1-2H3. The van der Waals surface area contributed by atoms with Crippen LogP contribution in [0.25, 0.3) is 0 Å². The van der Waals surface area contributed by atoms with Crippen LogP contribution < -0.4 is 5.32 Å². The van der Waals surface area contributed by atoms with E-state index in [0.29, 0.717) is 16.9 Å². The molecule has 0 bridgehead atoms. The van der Waals surface area contributed by atoms with Gasteiger partial charge in [0.1, 0.15) is 0 Å². The molecule has 2 N–H and O–H groups in total. The molecule has 0 aliphatic heterocycles. The Morgan fingerprint density at radius 2 is 2.16 bits per heavy atom. The lowest BCUT2D eigenvalue weighted by Gasteiger charge is -2.18. The molecule has 0 heterocycles. The highest BCUT2D eigenvalue weighted by molar-refractivity contribution is 9.10. The predicted octanol–water partition coefficient (Wildman–Crippen LogP) is 2.85. The number of benzene rings is 1. The van der Waals surface area contributed by atoms with Crippen LogP contribution in [0.1, 0.15) is 25.8 Å². The minimum atomic E-state index is -0.411. The molecule has 0 radical (unpaired) electrons. The number of halogens is 1. The zero-order valence-corrected chi connectivity index (χ0v) is 12.7. The first kappa shape index (κ1) is 16.1. The maximum Gasteiger partial charge on any atom is 0.283 e. The average molecular weight is 331 g/mol. The molecule has 0 aromatic heterocycles. The zero-order valence-electron chi connectivity index (χ0n) is 11.1. The van der Waals surface area contributed by atoms with E-state index in [-0.39, 0.29) is 18.3 Å². The summed E-state index contributed by atoms with van der Waals surface area (Å²) in [4.78, 5) is 10.4. The Morgan fingerprint density at radius 3 is 2.68 bits per heavy atom. The summed E-state index contributed by atoms with van der Waals surface area (Å²) in [6, 6.07) is 5.06. The highest BCUT2D eigenvalue weighted by Gasteiger charge is 2.13. The maximum absolute atomic E-state index is 10.8. The topological polar surface area (TPSA) is 75.4 Å². The Labute approximate surface area is 121 Å². The average Bonchev–Trinajstić information content (AvgIpc) is 2.35. The molecule has 1 aromatic carbocycles. The third-order valence-electron chi connectivity index (χ3n) is 2.78. The van der Waals surface area contributed by atoms with Gasteiger partial charge in [0.25, 0.3) is 5.69 Å². The van der Waals surface area contributed by atoms with Gasteiger partial charge in [0, 0.05) is 18.7 Å². The number of hydrogen-bond donors (Lipinski definition) is 2. The van der Waals surface area contributed by atoms with E-state index in [1.807, 2.05) is 6.07 Å². The van der Waals surface area contributed by atoms with E-state index in [2.05, 4.69) is 35.1 Å². The first-order valence-electron chi connectivity index (χ1n) is 6.21. The number of nitro benzene ring substituents is 1. The van der Waals surface area contributed by atoms with Crippen molar-refractivity contribution in [3.8, 4) is 0 Å². The molecule has 0 spiro atoms. The lowest BCUT2D eigenvalue weighted by atomic mass is 10.0. The van der Waals surface area contributed by atoms with Crippen molar-refractivity contribution >= 4 is 21.6 Å². The monoisotopic (exact) mass is 330 g/mol. The number of aliphatic hydroxyl groups excluding tert-OH is 1. The molecule has 0 saturated carbocycles. The van der Waals surface area contributed by atoms with Crippen LogP contribution in [0.15, 0.2) is 22.7 Å². The number of rotatable bonds is 7. The molecule has 1 rings (SSSR count). The fourth-order valence-corrected chi connectivity index (χ4v) is 2.25. The van der Waals surface area contributed by atoms with Crippen LogP contribution in [0.2, 0.25) is 0 Å². The molecule has 0 aliphatic rings. The van der Waals surface area contributed by atoms with Crippen molar-refractivity contribution in [2.75, 3.05) is 6.61 Å². The second-order valence-corrected chi connectivity index (χ2v) is 5.79. The van der Waals surface area contributed by atoms with E-state index in [1.54, 1.807) is 12.1 Å². The van der Waals surface area contributed by atoms with Crippen molar-refractivity contribution in [2.45, 2.75) is 32.9 Å². The van der Waals surface area contributed by atoms with Crippen molar-refractivity contribution in [2.24, 2.45) is 5.92 Å². The van der Waals surface area contributed by atoms with Crippen molar-refractivity contribution in [1.82, 2.24) is 5.32 Å². The summed E-state index contributed by atoms with van der Waals surface area (Å²) < 4.78 is 0.474. The summed E-state index contributed by atoms with van der Waals surface area (Å²) in [7, 11) is 0. The van der Waals surface area contributed by atoms with Crippen LogP contribution in [0.3, 0.4) is 0 Å². The molecule has 106 valence electrons. The Morgan fingerprint density at radius 1 is 1.47 bits per heavy atom. The quantitative estimate of drug-likeness (QED) is 0.595. The van der Waals surface area contributed by atoms with Gasteiger partial charge in [-0.05, 0) is 39.9 Å².